The summed E-state index contributed by atoms with van der Waals surface area (Å²) < 4.78 is 5.33. The van der Waals surface area contributed by atoms with Crippen molar-refractivity contribution in [2.75, 3.05) is 7.11 Å². The molecule has 18 heavy (non-hydrogen) atoms. The summed E-state index contributed by atoms with van der Waals surface area (Å²) in [5, 5.41) is 9.65. The molecule has 0 aromatic heterocycles. The average Bonchev–Trinajstić information content (AvgIpc) is 3.13. The van der Waals surface area contributed by atoms with Crippen molar-refractivity contribution in [3.63, 3.8) is 0 Å². The summed E-state index contributed by atoms with van der Waals surface area (Å²) in [7, 11) is 1.61. The molecule has 0 heterocycles. The second kappa shape index (κ2) is 4.88. The van der Waals surface area contributed by atoms with Crippen LogP contribution in [0.5, 0.6) is 0 Å². The Morgan fingerprint density at radius 2 is 2.00 bits per heavy atom. The minimum absolute atomic E-state index is 0.0598. The number of methoxy groups -OCH3 is 1. The number of nitrogens with zero attached hydrogens (tertiary/aromatic N) is 1. The van der Waals surface area contributed by atoms with Crippen molar-refractivity contribution in [2.45, 2.75) is 63.1 Å². The first-order valence-corrected chi connectivity index (χ1v) is 6.57. The number of carboxylic acid groups (broad SMARTS) is 1. The third-order valence-electron chi connectivity index (χ3n) is 4.13. The van der Waals surface area contributed by atoms with Gasteiger partial charge in [0.05, 0.1) is 6.10 Å². The van der Waals surface area contributed by atoms with Crippen molar-refractivity contribution in [2.24, 2.45) is 0 Å². The maximum absolute atomic E-state index is 11.9. The van der Waals surface area contributed by atoms with Gasteiger partial charge in [0, 0.05) is 26.5 Å². The van der Waals surface area contributed by atoms with E-state index in [4.69, 9.17) is 4.74 Å². The zero-order valence-electron chi connectivity index (χ0n) is 11.0. The van der Waals surface area contributed by atoms with Crippen LogP contribution in [0.2, 0.25) is 0 Å². The molecule has 0 aromatic rings. The average molecular weight is 255 g/mol. The molecule has 5 heteroatoms. The van der Waals surface area contributed by atoms with E-state index in [9.17, 15) is 14.7 Å². The van der Waals surface area contributed by atoms with Crippen LogP contribution in [0.25, 0.3) is 0 Å². The Balaban J connectivity index is 2.29. The zero-order valence-corrected chi connectivity index (χ0v) is 11.0. The van der Waals surface area contributed by atoms with Crippen LogP contribution in [0, 0.1) is 0 Å². The molecule has 102 valence electrons. The largest absolute Gasteiger partial charge is 0.479 e. The van der Waals surface area contributed by atoms with Gasteiger partial charge in [-0.25, -0.2) is 4.79 Å². The van der Waals surface area contributed by atoms with Crippen molar-refractivity contribution in [3.8, 4) is 0 Å². The van der Waals surface area contributed by atoms with Crippen LogP contribution in [-0.2, 0) is 14.3 Å². The summed E-state index contributed by atoms with van der Waals surface area (Å²) in [6.07, 6.45) is 4.41. The zero-order chi connectivity index (χ0) is 13.3. The molecule has 5 nitrogen and oxygen atoms in total. The SMILES string of the molecule is COC1CCCC(C(=O)O)(N(C(C)=O)C2CC2)C1. The fourth-order valence-corrected chi connectivity index (χ4v) is 3.16. The van der Waals surface area contributed by atoms with Gasteiger partial charge in [-0.15, -0.1) is 0 Å². The maximum Gasteiger partial charge on any atom is 0.329 e. The lowest BCUT2D eigenvalue weighted by Crippen LogP contribution is -2.60. The molecule has 2 fully saturated rings. The highest BCUT2D eigenvalue weighted by Crippen LogP contribution is 2.41. The summed E-state index contributed by atoms with van der Waals surface area (Å²) in [5.74, 6) is -1.01. The highest BCUT2D eigenvalue weighted by molar-refractivity contribution is 5.86. The number of carbonyl (C=O) groups is 2. The third-order valence-corrected chi connectivity index (χ3v) is 4.13. The highest BCUT2D eigenvalue weighted by Gasteiger charge is 2.53. The van der Waals surface area contributed by atoms with Crippen LogP contribution in [0.1, 0.15) is 45.4 Å². The number of hydrogen-bond acceptors (Lipinski definition) is 3. The fraction of sp³-hybridized carbons (Fsp3) is 0.846. The highest BCUT2D eigenvalue weighted by atomic mass is 16.5. The summed E-state index contributed by atoms with van der Waals surface area (Å²) in [4.78, 5) is 25.2. The van der Waals surface area contributed by atoms with Gasteiger partial charge >= 0.3 is 5.97 Å². The van der Waals surface area contributed by atoms with E-state index in [-0.39, 0.29) is 18.1 Å². The molecular weight excluding hydrogens is 234 g/mol. The molecule has 2 unspecified atom stereocenters. The Hall–Kier alpha value is -1.10. The lowest BCUT2D eigenvalue weighted by molar-refractivity contribution is -0.165. The molecule has 0 spiro atoms. The van der Waals surface area contributed by atoms with Crippen LogP contribution in [0.15, 0.2) is 0 Å². The first-order valence-electron chi connectivity index (χ1n) is 6.57. The van der Waals surface area contributed by atoms with Crippen molar-refractivity contribution in [1.82, 2.24) is 4.90 Å². The van der Waals surface area contributed by atoms with E-state index in [0.29, 0.717) is 12.8 Å². The Bertz CT molecular complexity index is 353. The smallest absolute Gasteiger partial charge is 0.329 e. The standard InChI is InChI=1S/C13H21NO4/c1-9(15)14(10-5-6-10)13(12(16)17)7-3-4-11(8-13)18-2/h10-11H,3-8H2,1-2H3,(H,16,17). The number of carbonyl (C=O) groups excluding carboxylic acids is 1. The van der Waals surface area contributed by atoms with Crippen molar-refractivity contribution in [3.05, 3.63) is 0 Å². The predicted octanol–water partition coefficient (Wildman–Crippen LogP) is 1.41. The molecule has 0 radical (unpaired) electrons. The first-order chi connectivity index (χ1) is 8.51. The fourth-order valence-electron chi connectivity index (χ4n) is 3.16. The van der Waals surface area contributed by atoms with Gasteiger partial charge in [-0.2, -0.15) is 0 Å². The lowest BCUT2D eigenvalue weighted by Gasteiger charge is -2.45. The van der Waals surface area contributed by atoms with Crippen molar-refractivity contribution in [1.29, 1.82) is 0 Å². The predicted molar refractivity (Wildman–Crippen MR) is 65.2 cm³/mol. The monoisotopic (exact) mass is 255 g/mol. The molecule has 0 saturated heterocycles. The van der Waals surface area contributed by atoms with Gasteiger partial charge in [-0.05, 0) is 32.1 Å². The number of rotatable bonds is 4. The Kier molecular flexibility index (Phi) is 3.61. The van der Waals surface area contributed by atoms with E-state index < -0.39 is 11.5 Å². The number of amides is 1. The van der Waals surface area contributed by atoms with E-state index in [1.165, 1.54) is 6.92 Å². The van der Waals surface area contributed by atoms with Gasteiger partial charge in [0.2, 0.25) is 5.91 Å². The van der Waals surface area contributed by atoms with Crippen LogP contribution < -0.4 is 0 Å². The van der Waals surface area contributed by atoms with Gasteiger partial charge in [-0.3, -0.25) is 4.79 Å². The van der Waals surface area contributed by atoms with Gasteiger partial charge < -0.3 is 14.7 Å². The minimum Gasteiger partial charge on any atom is -0.479 e. The molecule has 0 aromatic carbocycles. The van der Waals surface area contributed by atoms with Crippen LogP contribution in [0.4, 0.5) is 0 Å². The van der Waals surface area contributed by atoms with E-state index in [0.717, 1.165) is 25.7 Å². The molecule has 2 aliphatic rings. The number of aliphatic carboxylic acids is 1. The Morgan fingerprint density at radius 3 is 2.44 bits per heavy atom. The van der Waals surface area contributed by atoms with E-state index >= 15 is 0 Å². The molecular formula is C13H21NO4. The summed E-state index contributed by atoms with van der Waals surface area (Å²) >= 11 is 0. The van der Waals surface area contributed by atoms with Crippen LogP contribution in [-0.4, -0.2) is 46.7 Å². The van der Waals surface area contributed by atoms with Crippen LogP contribution >= 0.6 is 0 Å². The van der Waals surface area contributed by atoms with E-state index in [1.807, 2.05) is 0 Å². The topological polar surface area (TPSA) is 66.8 Å². The summed E-state index contributed by atoms with van der Waals surface area (Å²) in [6, 6.07) is 0.120. The minimum atomic E-state index is -1.05. The molecule has 1 amide bonds. The summed E-state index contributed by atoms with van der Waals surface area (Å²) in [6.45, 7) is 1.47. The van der Waals surface area contributed by atoms with E-state index in [2.05, 4.69) is 0 Å². The number of carboxylic acids is 1. The lowest BCUT2D eigenvalue weighted by atomic mass is 9.78. The quantitative estimate of drug-likeness (QED) is 0.824. The van der Waals surface area contributed by atoms with Crippen molar-refractivity contribution < 1.29 is 19.4 Å². The van der Waals surface area contributed by atoms with E-state index in [1.54, 1.807) is 12.0 Å². The third kappa shape index (κ3) is 2.23. The number of ether oxygens (including phenoxy) is 1. The molecule has 1 N–H and O–H groups in total. The van der Waals surface area contributed by atoms with Gasteiger partial charge in [0.15, 0.2) is 0 Å². The Morgan fingerprint density at radius 1 is 1.33 bits per heavy atom. The molecule has 2 atom stereocenters. The Labute approximate surface area is 107 Å². The second-order valence-corrected chi connectivity index (χ2v) is 5.41. The molecule has 0 aliphatic heterocycles. The molecule has 2 rings (SSSR count). The maximum atomic E-state index is 11.9. The van der Waals surface area contributed by atoms with Crippen molar-refractivity contribution >= 4 is 11.9 Å². The van der Waals surface area contributed by atoms with Gasteiger partial charge in [-0.1, -0.05) is 0 Å². The van der Waals surface area contributed by atoms with Gasteiger partial charge in [0.25, 0.3) is 0 Å². The van der Waals surface area contributed by atoms with Crippen LogP contribution in [0.3, 0.4) is 0 Å². The summed E-state index contributed by atoms with van der Waals surface area (Å²) in [5.41, 5.74) is -1.05. The normalized spacial score (nSPS) is 32.0. The molecule has 2 aliphatic carbocycles. The second-order valence-electron chi connectivity index (χ2n) is 5.41. The number of hydrogen-bond donors (Lipinski definition) is 1. The van der Waals surface area contributed by atoms with Gasteiger partial charge in [0.1, 0.15) is 5.54 Å². The molecule has 2 saturated carbocycles. The molecule has 0 bridgehead atoms. The first kappa shape index (κ1) is 13.3.